The van der Waals surface area contributed by atoms with Crippen LogP contribution in [0.15, 0.2) is 16.7 Å². The maximum absolute atomic E-state index is 11.6. The van der Waals surface area contributed by atoms with Crippen LogP contribution in [0.3, 0.4) is 0 Å². The van der Waals surface area contributed by atoms with Crippen LogP contribution >= 0.6 is 0 Å². The Morgan fingerprint density at radius 2 is 2.26 bits per heavy atom. The first-order valence-electron chi connectivity index (χ1n) is 6.94. The van der Waals surface area contributed by atoms with Crippen molar-refractivity contribution in [1.29, 1.82) is 0 Å². The van der Waals surface area contributed by atoms with E-state index < -0.39 is 0 Å². The highest BCUT2D eigenvalue weighted by molar-refractivity contribution is 5.94. The molecule has 0 atom stereocenters. The maximum Gasteiger partial charge on any atom is 0.268 e. The molecule has 0 bridgehead atoms. The third-order valence-corrected chi connectivity index (χ3v) is 4.51. The van der Waals surface area contributed by atoms with Crippen molar-refractivity contribution in [3.8, 4) is 0 Å². The molecule has 1 aromatic rings. The summed E-state index contributed by atoms with van der Waals surface area (Å²) in [5, 5.41) is 0. The molecule has 0 radical (unpaired) electrons. The van der Waals surface area contributed by atoms with Crippen molar-refractivity contribution in [2.24, 2.45) is 11.3 Å². The molecule has 19 heavy (non-hydrogen) atoms. The zero-order valence-electron chi connectivity index (χ0n) is 11.7. The predicted octanol–water partition coefficient (Wildman–Crippen LogP) is 1.90. The first-order chi connectivity index (χ1) is 9.14. The molecule has 1 amide bonds. The summed E-state index contributed by atoms with van der Waals surface area (Å²) in [4.78, 5) is 14.0. The lowest BCUT2D eigenvalue weighted by atomic mass is 9.82. The topological polar surface area (TPSA) is 71.5 Å². The minimum atomic E-state index is -0.291. The summed E-state index contributed by atoms with van der Waals surface area (Å²) in [5.41, 5.74) is 3.12. The summed E-state index contributed by atoms with van der Waals surface area (Å²) in [6, 6.07) is 1.67. The van der Waals surface area contributed by atoms with Crippen molar-refractivity contribution in [1.82, 2.24) is 10.3 Å². The summed E-state index contributed by atoms with van der Waals surface area (Å²) in [6.07, 6.45) is 5.17. The molecule has 2 rings (SSSR count). The first-order valence-corrected chi connectivity index (χ1v) is 6.94. The normalized spacial score (nSPS) is 18.7. The van der Waals surface area contributed by atoms with E-state index in [1.54, 1.807) is 12.3 Å². The van der Waals surface area contributed by atoms with Crippen LogP contribution in [0.5, 0.6) is 0 Å². The van der Waals surface area contributed by atoms with Crippen molar-refractivity contribution >= 4 is 5.91 Å². The van der Waals surface area contributed by atoms with Gasteiger partial charge in [-0.15, -0.1) is 0 Å². The van der Waals surface area contributed by atoms with Gasteiger partial charge >= 0.3 is 0 Å². The van der Waals surface area contributed by atoms with E-state index in [9.17, 15) is 4.79 Å². The van der Waals surface area contributed by atoms with Gasteiger partial charge in [-0.3, -0.25) is 15.1 Å². The second-order valence-electron chi connectivity index (χ2n) is 5.40. The van der Waals surface area contributed by atoms with Gasteiger partial charge in [0.2, 0.25) is 0 Å². The van der Waals surface area contributed by atoms with E-state index in [2.05, 4.69) is 24.2 Å². The molecule has 1 aromatic heterocycles. The van der Waals surface area contributed by atoms with Crippen LogP contribution in [0, 0.1) is 5.41 Å². The Morgan fingerprint density at radius 1 is 1.53 bits per heavy atom. The van der Waals surface area contributed by atoms with E-state index in [0.29, 0.717) is 23.3 Å². The number of nitrogens with zero attached hydrogens (tertiary/aromatic N) is 1. The highest BCUT2D eigenvalue weighted by Crippen LogP contribution is 2.37. The Kier molecular flexibility index (Phi) is 4.27. The molecule has 0 aromatic carbocycles. The van der Waals surface area contributed by atoms with Crippen molar-refractivity contribution in [2.75, 3.05) is 13.1 Å². The zero-order valence-corrected chi connectivity index (χ0v) is 11.7. The van der Waals surface area contributed by atoms with Crippen molar-refractivity contribution in [3.05, 3.63) is 23.7 Å². The Hall–Kier alpha value is -1.33. The minimum Gasteiger partial charge on any atom is -0.467 e. The number of nitrogens with two attached hydrogens (primary N) is 1. The standard InChI is InChI=1S/C14H23N3O2/c1-3-14(4-2)6-7-17(10-14)9-12-11(5-8-19-12)13(18)16-15/h5,8H,3-4,6-7,9-10,15H2,1-2H3,(H,16,18). The fraction of sp³-hybridized carbons (Fsp3) is 0.643. The molecule has 1 fully saturated rings. The Labute approximate surface area is 114 Å². The van der Waals surface area contributed by atoms with Gasteiger partial charge in [0.1, 0.15) is 5.76 Å². The number of likely N-dealkylation sites (tertiary alicyclic amines) is 1. The number of carbonyl (C=O) groups excluding carboxylic acids is 1. The van der Waals surface area contributed by atoms with Gasteiger partial charge in [0.05, 0.1) is 18.4 Å². The van der Waals surface area contributed by atoms with Crippen LogP contribution in [-0.4, -0.2) is 23.9 Å². The van der Waals surface area contributed by atoms with Gasteiger partial charge in [0, 0.05) is 6.54 Å². The molecule has 0 saturated carbocycles. The van der Waals surface area contributed by atoms with Gasteiger partial charge in [0.25, 0.3) is 5.91 Å². The Morgan fingerprint density at radius 3 is 2.84 bits per heavy atom. The number of hydrogen-bond donors (Lipinski definition) is 2. The number of amides is 1. The summed E-state index contributed by atoms with van der Waals surface area (Å²) in [7, 11) is 0. The number of rotatable bonds is 5. The number of furan rings is 1. The SMILES string of the molecule is CCC1(CC)CCN(Cc2occc2C(=O)NN)C1. The van der Waals surface area contributed by atoms with E-state index in [-0.39, 0.29) is 5.91 Å². The van der Waals surface area contributed by atoms with Gasteiger partial charge < -0.3 is 4.42 Å². The quantitative estimate of drug-likeness (QED) is 0.484. The van der Waals surface area contributed by atoms with Crippen LogP contribution in [0.4, 0.5) is 0 Å². The molecular weight excluding hydrogens is 242 g/mol. The van der Waals surface area contributed by atoms with Gasteiger partial charge in [-0.05, 0) is 37.3 Å². The maximum atomic E-state index is 11.6. The van der Waals surface area contributed by atoms with Crippen LogP contribution in [-0.2, 0) is 6.54 Å². The lowest BCUT2D eigenvalue weighted by Gasteiger charge is -2.26. The van der Waals surface area contributed by atoms with Crippen molar-refractivity contribution in [3.63, 3.8) is 0 Å². The van der Waals surface area contributed by atoms with Crippen LogP contribution < -0.4 is 11.3 Å². The summed E-state index contributed by atoms with van der Waals surface area (Å²) < 4.78 is 5.43. The number of nitrogen functional groups attached to an aromatic ring is 1. The third-order valence-electron chi connectivity index (χ3n) is 4.51. The first kappa shape index (κ1) is 14.1. The van der Waals surface area contributed by atoms with E-state index in [1.807, 2.05) is 0 Å². The smallest absolute Gasteiger partial charge is 0.268 e. The highest BCUT2D eigenvalue weighted by atomic mass is 16.3. The highest BCUT2D eigenvalue weighted by Gasteiger charge is 2.35. The van der Waals surface area contributed by atoms with Gasteiger partial charge in [-0.25, -0.2) is 5.84 Å². The van der Waals surface area contributed by atoms with E-state index >= 15 is 0 Å². The average molecular weight is 265 g/mol. The second kappa shape index (κ2) is 5.75. The summed E-state index contributed by atoms with van der Waals surface area (Å²) >= 11 is 0. The minimum absolute atomic E-state index is 0.291. The molecule has 0 aliphatic carbocycles. The molecule has 0 unspecified atom stereocenters. The predicted molar refractivity (Wildman–Crippen MR) is 73.3 cm³/mol. The molecular formula is C14H23N3O2. The fourth-order valence-electron chi connectivity index (χ4n) is 2.94. The number of hydrogen-bond acceptors (Lipinski definition) is 4. The van der Waals surface area contributed by atoms with E-state index in [1.165, 1.54) is 19.3 Å². The average Bonchev–Trinajstić information content (AvgIpc) is 3.06. The Balaban J connectivity index is 2.04. The molecule has 1 saturated heterocycles. The number of nitrogens with one attached hydrogen (secondary N) is 1. The summed E-state index contributed by atoms with van der Waals surface area (Å²) in [6.45, 7) is 7.33. The summed E-state index contributed by atoms with van der Waals surface area (Å²) in [5.74, 6) is 5.58. The fourth-order valence-corrected chi connectivity index (χ4v) is 2.94. The number of hydrazine groups is 1. The molecule has 1 aliphatic heterocycles. The van der Waals surface area contributed by atoms with Crippen LogP contribution in [0.1, 0.15) is 49.2 Å². The van der Waals surface area contributed by atoms with Crippen LogP contribution in [0.2, 0.25) is 0 Å². The second-order valence-corrected chi connectivity index (χ2v) is 5.40. The van der Waals surface area contributed by atoms with Crippen molar-refractivity contribution in [2.45, 2.75) is 39.7 Å². The van der Waals surface area contributed by atoms with E-state index in [0.717, 1.165) is 13.1 Å². The lowest BCUT2D eigenvalue weighted by Crippen LogP contribution is -2.31. The number of carbonyl (C=O) groups is 1. The van der Waals surface area contributed by atoms with Gasteiger partial charge in [-0.1, -0.05) is 13.8 Å². The molecule has 2 heterocycles. The van der Waals surface area contributed by atoms with Gasteiger partial charge in [-0.2, -0.15) is 0 Å². The monoisotopic (exact) mass is 265 g/mol. The molecule has 5 nitrogen and oxygen atoms in total. The van der Waals surface area contributed by atoms with Crippen molar-refractivity contribution < 1.29 is 9.21 Å². The largest absolute Gasteiger partial charge is 0.467 e. The van der Waals surface area contributed by atoms with E-state index in [4.69, 9.17) is 10.3 Å². The molecule has 0 spiro atoms. The zero-order chi connectivity index (χ0) is 13.9. The molecule has 5 heteroatoms. The van der Waals surface area contributed by atoms with Crippen LogP contribution in [0.25, 0.3) is 0 Å². The molecule has 1 aliphatic rings. The molecule has 3 N–H and O–H groups in total. The Bertz CT molecular complexity index is 438. The van der Waals surface area contributed by atoms with Gasteiger partial charge in [0.15, 0.2) is 0 Å². The lowest BCUT2D eigenvalue weighted by molar-refractivity contribution is 0.0950. The molecule has 106 valence electrons. The third kappa shape index (κ3) is 2.82.